The molecule has 9 aromatic carbocycles. The Bertz CT molecular complexity index is 2720. The zero-order chi connectivity index (χ0) is 40.0. The number of fused-ring (bicyclic) bond motifs is 2. The molecular weight excluding hydrogens is 733 g/mol. The Morgan fingerprint density at radius 1 is 0.283 bits per heavy atom. The molecule has 60 heavy (non-hydrogen) atoms. The maximum atomic E-state index is 15.6. The number of para-hydroxylation sites is 6. The molecule has 5 nitrogen and oxygen atoms in total. The van der Waals surface area contributed by atoms with Crippen molar-refractivity contribution in [3.05, 3.63) is 242 Å². The summed E-state index contributed by atoms with van der Waals surface area (Å²) in [6, 6.07) is 79.9. The van der Waals surface area contributed by atoms with Crippen molar-refractivity contribution in [2.45, 2.75) is 0 Å². The summed E-state index contributed by atoms with van der Waals surface area (Å²) >= 11 is 0. The van der Waals surface area contributed by atoms with Crippen molar-refractivity contribution in [3.8, 4) is 11.1 Å². The lowest BCUT2D eigenvalue weighted by Crippen LogP contribution is -2.15. The highest BCUT2D eigenvalue weighted by Crippen LogP contribution is 2.57. The predicted molar refractivity (Wildman–Crippen MR) is 248 cm³/mol. The van der Waals surface area contributed by atoms with Crippen LogP contribution in [0.2, 0.25) is 0 Å². The molecule has 0 amide bonds. The van der Waals surface area contributed by atoms with E-state index in [1.54, 1.807) is 0 Å². The normalized spacial score (nSPS) is 12.3. The highest BCUT2D eigenvalue weighted by Gasteiger charge is 2.39. The Morgan fingerprint density at radius 2 is 0.583 bits per heavy atom. The smallest absolute Gasteiger partial charge is 0.194 e. The van der Waals surface area contributed by atoms with Crippen LogP contribution in [0.25, 0.3) is 11.1 Å². The molecule has 1 aliphatic carbocycles. The van der Waals surface area contributed by atoms with Crippen molar-refractivity contribution in [2.75, 3.05) is 19.6 Å². The molecule has 2 aliphatic rings. The summed E-state index contributed by atoms with van der Waals surface area (Å²) in [5, 5.41) is 0. The highest BCUT2D eigenvalue weighted by molar-refractivity contribution is 6.28. The topological polar surface area (TPSA) is 30.0 Å². The fourth-order valence-electron chi connectivity index (χ4n) is 8.85. The number of carbonyl (C=O) groups is 1. The van der Waals surface area contributed by atoms with Crippen LogP contribution in [-0.2, 0) is 0 Å². The molecule has 9 aromatic rings. The first-order chi connectivity index (χ1) is 29.7. The quantitative estimate of drug-likeness (QED) is 0.154. The maximum absolute atomic E-state index is 15.6. The molecule has 0 saturated heterocycles. The van der Waals surface area contributed by atoms with E-state index in [-0.39, 0.29) is 5.78 Å². The molecule has 1 heterocycles. The molecule has 0 radical (unpaired) electrons. The number of benzene rings is 9. The number of carbonyl (C=O) groups excluding carboxylic acids is 1. The first kappa shape index (κ1) is 35.0. The zero-order valence-corrected chi connectivity index (χ0v) is 32.6. The zero-order valence-electron chi connectivity index (χ0n) is 32.6. The SMILES string of the molecule is O=C1c2cc(N(c3ccccc3)c3ccccc3)cc3c2-c2c1cc(N(c1ccccc1)c1ccccc1)cc2N(c1ccccc1)c1cccc(c1)N3c1ccccc1. The van der Waals surface area contributed by atoms with Crippen LogP contribution in [0.3, 0.4) is 0 Å². The maximum Gasteiger partial charge on any atom is 0.194 e. The third-order valence-corrected chi connectivity index (χ3v) is 11.4. The van der Waals surface area contributed by atoms with Gasteiger partial charge in [0.1, 0.15) is 0 Å². The minimum Gasteiger partial charge on any atom is -0.310 e. The molecule has 0 spiro atoms. The van der Waals surface area contributed by atoms with Crippen molar-refractivity contribution in [1.29, 1.82) is 0 Å². The third-order valence-electron chi connectivity index (χ3n) is 11.4. The number of nitrogens with zero attached hydrogens (tertiary/aromatic N) is 4. The largest absolute Gasteiger partial charge is 0.310 e. The minimum absolute atomic E-state index is 0.0152. The lowest BCUT2D eigenvalue weighted by atomic mass is 9.97. The summed E-state index contributed by atoms with van der Waals surface area (Å²) in [6.45, 7) is 0. The number of hydrogen-bond donors (Lipinski definition) is 0. The molecule has 0 fully saturated rings. The van der Waals surface area contributed by atoms with Crippen molar-refractivity contribution in [3.63, 3.8) is 0 Å². The van der Waals surface area contributed by atoms with Gasteiger partial charge >= 0.3 is 0 Å². The Hall–Kier alpha value is -8.15. The van der Waals surface area contributed by atoms with Crippen molar-refractivity contribution in [2.24, 2.45) is 0 Å². The molecule has 11 rings (SSSR count). The molecule has 0 unspecified atom stereocenters. The number of ketones is 1. The first-order valence-electron chi connectivity index (χ1n) is 20.2. The molecule has 0 N–H and O–H groups in total. The summed E-state index contributed by atoms with van der Waals surface area (Å²) in [4.78, 5) is 24.8. The molecular formula is C55H38N4O. The van der Waals surface area contributed by atoms with Crippen LogP contribution in [0.15, 0.2) is 231 Å². The van der Waals surface area contributed by atoms with Gasteiger partial charge in [-0.05, 0) is 115 Å². The molecule has 0 saturated carbocycles. The molecule has 2 bridgehead atoms. The summed E-state index contributed by atoms with van der Waals surface area (Å²) in [5.74, 6) is -0.0152. The third kappa shape index (κ3) is 5.91. The van der Waals surface area contributed by atoms with E-state index in [0.29, 0.717) is 11.1 Å². The van der Waals surface area contributed by atoms with E-state index in [1.807, 2.05) is 36.4 Å². The minimum atomic E-state index is -0.0152. The van der Waals surface area contributed by atoms with Gasteiger partial charge in [-0.1, -0.05) is 115 Å². The van der Waals surface area contributed by atoms with Gasteiger partial charge in [-0.25, -0.2) is 0 Å². The number of hydrogen-bond acceptors (Lipinski definition) is 5. The van der Waals surface area contributed by atoms with Gasteiger partial charge < -0.3 is 19.6 Å². The predicted octanol–water partition coefficient (Wildman–Crippen LogP) is 15.1. The van der Waals surface area contributed by atoms with E-state index in [0.717, 1.165) is 79.4 Å². The molecule has 5 heteroatoms. The summed E-state index contributed by atoms with van der Waals surface area (Å²) < 4.78 is 0. The van der Waals surface area contributed by atoms with Crippen LogP contribution in [0.5, 0.6) is 0 Å². The summed E-state index contributed by atoms with van der Waals surface area (Å²) in [7, 11) is 0. The van der Waals surface area contributed by atoms with E-state index in [9.17, 15) is 0 Å². The number of rotatable bonds is 8. The first-order valence-corrected chi connectivity index (χ1v) is 20.2. The molecule has 0 atom stereocenters. The van der Waals surface area contributed by atoms with Crippen LogP contribution in [0.4, 0.5) is 68.2 Å². The second kappa shape index (κ2) is 14.7. The van der Waals surface area contributed by atoms with Crippen LogP contribution in [0, 0.1) is 0 Å². The van der Waals surface area contributed by atoms with Crippen molar-refractivity contribution < 1.29 is 4.79 Å². The van der Waals surface area contributed by atoms with Gasteiger partial charge in [-0.15, -0.1) is 0 Å². The lowest BCUT2D eigenvalue weighted by Gasteiger charge is -2.31. The number of anilines is 12. The van der Waals surface area contributed by atoms with Crippen molar-refractivity contribution in [1.82, 2.24) is 0 Å². The average molecular weight is 771 g/mol. The Labute approximate surface area is 349 Å². The molecule has 284 valence electrons. The van der Waals surface area contributed by atoms with Gasteiger partial charge in [0.15, 0.2) is 5.78 Å². The van der Waals surface area contributed by atoms with Crippen LogP contribution < -0.4 is 19.6 Å². The van der Waals surface area contributed by atoms with E-state index in [2.05, 4.69) is 214 Å². The lowest BCUT2D eigenvalue weighted by molar-refractivity contribution is 0.104. The molecule has 1 aliphatic heterocycles. The van der Waals surface area contributed by atoms with Gasteiger partial charge in [-0.3, -0.25) is 4.79 Å². The van der Waals surface area contributed by atoms with E-state index in [4.69, 9.17) is 0 Å². The van der Waals surface area contributed by atoms with Gasteiger partial charge in [0, 0.05) is 79.1 Å². The molecule has 0 aromatic heterocycles. The second-order valence-corrected chi connectivity index (χ2v) is 15.0. The van der Waals surface area contributed by atoms with Crippen LogP contribution in [-0.4, -0.2) is 5.78 Å². The van der Waals surface area contributed by atoms with Crippen molar-refractivity contribution >= 4 is 74.0 Å². The van der Waals surface area contributed by atoms with E-state index >= 15 is 4.79 Å². The fourth-order valence-corrected chi connectivity index (χ4v) is 8.85. The second-order valence-electron chi connectivity index (χ2n) is 15.0. The monoisotopic (exact) mass is 770 g/mol. The average Bonchev–Trinajstić information content (AvgIpc) is 3.61. The van der Waals surface area contributed by atoms with Gasteiger partial charge in [0.05, 0.1) is 11.4 Å². The Kier molecular flexibility index (Phi) is 8.56. The van der Waals surface area contributed by atoms with E-state index < -0.39 is 0 Å². The van der Waals surface area contributed by atoms with Crippen LogP contribution >= 0.6 is 0 Å². The van der Waals surface area contributed by atoms with Gasteiger partial charge in [0.25, 0.3) is 0 Å². The Balaban J connectivity index is 1.27. The summed E-state index contributed by atoms with van der Waals surface area (Å²) in [6.07, 6.45) is 0. The highest BCUT2D eigenvalue weighted by atomic mass is 16.1. The van der Waals surface area contributed by atoms with Crippen LogP contribution in [0.1, 0.15) is 15.9 Å². The summed E-state index contributed by atoms with van der Waals surface area (Å²) in [5.41, 5.74) is 14.6. The van der Waals surface area contributed by atoms with Gasteiger partial charge in [0.2, 0.25) is 0 Å². The Morgan fingerprint density at radius 3 is 0.917 bits per heavy atom. The van der Waals surface area contributed by atoms with Gasteiger partial charge in [-0.2, -0.15) is 0 Å². The fraction of sp³-hybridized carbons (Fsp3) is 0. The van der Waals surface area contributed by atoms with E-state index in [1.165, 1.54) is 0 Å². The standard InChI is InChI=1S/C55H38N4O/c60-55-49-35-47(56(39-20-7-1-8-21-39)40-22-9-2-10-23-40)37-51-53(49)54-50(55)36-48(57(41-24-11-3-12-25-41)42-26-13-4-14-27-42)38-52(54)59(44-30-17-6-18-31-44)46-33-19-32-45(34-46)58(51)43-28-15-5-16-29-43/h1-38H.